The van der Waals surface area contributed by atoms with Crippen molar-refractivity contribution in [1.82, 2.24) is 9.80 Å². The van der Waals surface area contributed by atoms with Crippen LogP contribution in [0.15, 0.2) is 0 Å². The van der Waals surface area contributed by atoms with Gasteiger partial charge in [0.05, 0.1) is 0 Å². The molecule has 1 aliphatic heterocycles. The fourth-order valence-corrected chi connectivity index (χ4v) is 2.62. The number of ether oxygens (including phenoxy) is 1. The minimum Gasteiger partial charge on any atom is -0.480 e. The lowest BCUT2D eigenvalue weighted by molar-refractivity contribution is -0.163. The van der Waals surface area contributed by atoms with Crippen molar-refractivity contribution in [1.29, 1.82) is 0 Å². The average Bonchev–Trinajstić information content (AvgIpc) is 2.45. The van der Waals surface area contributed by atoms with Crippen LogP contribution in [0.5, 0.6) is 0 Å². The van der Waals surface area contributed by atoms with Crippen LogP contribution in [0.3, 0.4) is 0 Å². The maximum atomic E-state index is 12.1. The minimum absolute atomic E-state index is 0.0398. The summed E-state index contributed by atoms with van der Waals surface area (Å²) >= 11 is 0. The molecule has 2 atom stereocenters. The van der Waals surface area contributed by atoms with Crippen molar-refractivity contribution in [2.45, 2.75) is 52.3 Å². The molecular formula is C16H29N3O5. The highest BCUT2D eigenvalue weighted by Crippen LogP contribution is 2.15. The number of rotatable bonds is 5. The Labute approximate surface area is 142 Å². The number of carbonyl (C=O) groups excluding carboxylic acids is 2. The number of hydrogen-bond donors (Lipinski definition) is 2. The van der Waals surface area contributed by atoms with Crippen LogP contribution in [0, 0.1) is 5.92 Å². The summed E-state index contributed by atoms with van der Waals surface area (Å²) in [5.74, 6) is -1.97. The molecule has 0 saturated carbocycles. The predicted molar refractivity (Wildman–Crippen MR) is 88.2 cm³/mol. The summed E-state index contributed by atoms with van der Waals surface area (Å²) in [7, 11) is 0. The molecule has 2 unspecified atom stereocenters. The number of carboxylic acids is 1. The van der Waals surface area contributed by atoms with E-state index in [4.69, 9.17) is 10.5 Å². The molecule has 1 saturated heterocycles. The fraction of sp³-hybridized carbons (Fsp3) is 0.812. The maximum Gasteiger partial charge on any atom is 0.325 e. The number of carbonyl (C=O) groups is 3. The Morgan fingerprint density at radius 3 is 1.96 bits per heavy atom. The van der Waals surface area contributed by atoms with Crippen molar-refractivity contribution in [3.63, 3.8) is 0 Å². The maximum absolute atomic E-state index is 12.1. The monoisotopic (exact) mass is 343 g/mol. The molecule has 1 amide bonds. The third kappa shape index (κ3) is 5.45. The molecule has 0 aromatic heterocycles. The third-order valence-electron chi connectivity index (χ3n) is 3.79. The van der Waals surface area contributed by atoms with E-state index < -0.39 is 29.6 Å². The van der Waals surface area contributed by atoms with Crippen molar-refractivity contribution in [2.75, 3.05) is 26.2 Å². The average molecular weight is 343 g/mol. The van der Waals surface area contributed by atoms with Gasteiger partial charge in [0.2, 0.25) is 5.91 Å². The summed E-state index contributed by atoms with van der Waals surface area (Å²) in [6.07, 6.45) is 0. The number of esters is 1. The first-order valence-corrected chi connectivity index (χ1v) is 8.18. The lowest BCUT2D eigenvalue weighted by Gasteiger charge is -2.39. The van der Waals surface area contributed by atoms with E-state index in [1.807, 2.05) is 13.8 Å². The summed E-state index contributed by atoms with van der Waals surface area (Å²) in [6.45, 7) is 10.3. The van der Waals surface area contributed by atoms with E-state index in [-0.39, 0.29) is 11.8 Å². The summed E-state index contributed by atoms with van der Waals surface area (Å²) in [5, 5.41) is 9.50. The Morgan fingerprint density at radius 2 is 1.58 bits per heavy atom. The summed E-state index contributed by atoms with van der Waals surface area (Å²) < 4.78 is 5.19. The standard InChI is InChI=1S/C16H29N3O5/c1-10(2)13(20)19-8-6-18(7-9-19)12(14(21)22)11(17)15(23)24-16(3,4)5/h10-12H,6-9,17H2,1-5H3,(H,21,22). The normalized spacial score (nSPS) is 19.0. The van der Waals surface area contributed by atoms with E-state index >= 15 is 0 Å². The predicted octanol–water partition coefficient (Wildman–Crippen LogP) is -0.0912. The van der Waals surface area contributed by atoms with Crippen LogP contribution in [-0.2, 0) is 19.1 Å². The lowest BCUT2D eigenvalue weighted by atomic mass is 10.1. The molecule has 1 aliphatic rings. The van der Waals surface area contributed by atoms with Gasteiger partial charge in [-0.05, 0) is 20.8 Å². The Morgan fingerprint density at radius 1 is 1.08 bits per heavy atom. The molecule has 1 heterocycles. The van der Waals surface area contributed by atoms with E-state index in [0.717, 1.165) is 0 Å². The van der Waals surface area contributed by atoms with E-state index in [9.17, 15) is 19.5 Å². The molecule has 0 spiro atoms. The van der Waals surface area contributed by atoms with Gasteiger partial charge in [-0.1, -0.05) is 13.8 Å². The molecule has 3 N–H and O–H groups in total. The van der Waals surface area contributed by atoms with Gasteiger partial charge in [0.25, 0.3) is 0 Å². The molecule has 0 bridgehead atoms. The quantitative estimate of drug-likeness (QED) is 0.671. The molecule has 24 heavy (non-hydrogen) atoms. The van der Waals surface area contributed by atoms with E-state index in [1.54, 1.807) is 30.6 Å². The third-order valence-corrected chi connectivity index (χ3v) is 3.79. The number of piperazine rings is 1. The highest BCUT2D eigenvalue weighted by molar-refractivity contribution is 5.86. The molecule has 8 nitrogen and oxygen atoms in total. The van der Waals surface area contributed by atoms with Gasteiger partial charge in [-0.15, -0.1) is 0 Å². The first-order valence-electron chi connectivity index (χ1n) is 8.18. The summed E-state index contributed by atoms with van der Waals surface area (Å²) in [5.41, 5.74) is 5.13. The van der Waals surface area contributed by atoms with E-state index in [1.165, 1.54) is 0 Å². The Bertz CT molecular complexity index is 479. The first kappa shape index (κ1) is 20.4. The molecular weight excluding hydrogens is 314 g/mol. The molecule has 1 rings (SSSR count). The lowest BCUT2D eigenvalue weighted by Crippen LogP contribution is -2.62. The largest absolute Gasteiger partial charge is 0.480 e. The van der Waals surface area contributed by atoms with Crippen LogP contribution in [0.25, 0.3) is 0 Å². The highest BCUT2D eigenvalue weighted by Gasteiger charge is 2.39. The minimum atomic E-state index is -1.28. The van der Waals surface area contributed by atoms with Gasteiger partial charge in [-0.25, -0.2) is 0 Å². The second kappa shape index (κ2) is 7.94. The summed E-state index contributed by atoms with van der Waals surface area (Å²) in [4.78, 5) is 39.1. The van der Waals surface area contributed by atoms with Gasteiger partial charge in [0.1, 0.15) is 17.7 Å². The smallest absolute Gasteiger partial charge is 0.325 e. The van der Waals surface area contributed by atoms with Crippen LogP contribution >= 0.6 is 0 Å². The Kier molecular flexibility index (Phi) is 6.74. The molecule has 0 aromatic rings. The molecule has 8 heteroatoms. The number of aliphatic carboxylic acids is 1. The van der Waals surface area contributed by atoms with Gasteiger partial charge >= 0.3 is 11.9 Å². The van der Waals surface area contributed by atoms with Gasteiger partial charge in [-0.2, -0.15) is 0 Å². The number of hydrogen-bond acceptors (Lipinski definition) is 6. The second-order valence-electron chi connectivity index (χ2n) is 7.36. The second-order valence-corrected chi connectivity index (χ2v) is 7.36. The van der Waals surface area contributed by atoms with Gasteiger partial charge in [0.15, 0.2) is 0 Å². The van der Waals surface area contributed by atoms with Crippen LogP contribution in [0.2, 0.25) is 0 Å². The highest BCUT2D eigenvalue weighted by atomic mass is 16.6. The SMILES string of the molecule is CC(C)C(=O)N1CCN(C(C(=O)O)C(N)C(=O)OC(C)(C)C)CC1. The zero-order valence-corrected chi connectivity index (χ0v) is 15.1. The van der Waals surface area contributed by atoms with Crippen LogP contribution < -0.4 is 5.73 Å². The van der Waals surface area contributed by atoms with Crippen molar-refractivity contribution >= 4 is 17.8 Å². The number of nitrogens with two attached hydrogens (primary N) is 1. The van der Waals surface area contributed by atoms with Crippen molar-refractivity contribution in [3.05, 3.63) is 0 Å². The zero-order valence-electron chi connectivity index (χ0n) is 15.1. The van der Waals surface area contributed by atoms with E-state index in [0.29, 0.717) is 26.2 Å². The number of amides is 1. The Balaban J connectivity index is 2.75. The first-order chi connectivity index (χ1) is 10.9. The number of carboxylic acid groups (broad SMARTS) is 1. The molecule has 0 aromatic carbocycles. The topological polar surface area (TPSA) is 113 Å². The van der Waals surface area contributed by atoms with Gasteiger partial charge < -0.3 is 20.5 Å². The zero-order chi connectivity index (χ0) is 18.7. The van der Waals surface area contributed by atoms with Gasteiger partial charge in [0, 0.05) is 32.1 Å². The van der Waals surface area contributed by atoms with Crippen molar-refractivity contribution in [3.8, 4) is 0 Å². The summed E-state index contributed by atoms with van der Waals surface area (Å²) in [6, 6.07) is -2.45. The Hall–Kier alpha value is -1.67. The van der Waals surface area contributed by atoms with Crippen molar-refractivity contribution < 1.29 is 24.2 Å². The molecule has 0 radical (unpaired) electrons. The molecule has 138 valence electrons. The molecule has 0 aliphatic carbocycles. The van der Waals surface area contributed by atoms with Crippen molar-refractivity contribution in [2.24, 2.45) is 11.7 Å². The van der Waals surface area contributed by atoms with Crippen LogP contribution in [0.4, 0.5) is 0 Å². The molecule has 1 fully saturated rings. The van der Waals surface area contributed by atoms with Crippen LogP contribution in [-0.4, -0.2) is 76.6 Å². The number of nitrogens with zero attached hydrogens (tertiary/aromatic N) is 2. The van der Waals surface area contributed by atoms with Crippen LogP contribution in [0.1, 0.15) is 34.6 Å². The van der Waals surface area contributed by atoms with Gasteiger partial charge in [-0.3, -0.25) is 19.3 Å². The van der Waals surface area contributed by atoms with E-state index in [2.05, 4.69) is 0 Å². The fourth-order valence-electron chi connectivity index (χ4n) is 2.62.